The van der Waals surface area contributed by atoms with Crippen molar-refractivity contribution in [2.24, 2.45) is 0 Å². The van der Waals surface area contributed by atoms with Crippen molar-refractivity contribution >= 4 is 10.0 Å². The van der Waals surface area contributed by atoms with E-state index in [-0.39, 0.29) is 11.5 Å². The number of aromatic nitrogens is 2. The van der Waals surface area contributed by atoms with Gasteiger partial charge in [0.2, 0.25) is 10.0 Å². The van der Waals surface area contributed by atoms with Crippen LogP contribution >= 0.6 is 0 Å². The van der Waals surface area contributed by atoms with Crippen molar-refractivity contribution in [2.75, 3.05) is 32.9 Å². The SMILES string of the molecule is Cc1nn(CCCO)c(C)c1S(=O)(=O)N1CCOCC1. The molecule has 2 rings (SSSR count). The van der Waals surface area contributed by atoms with Crippen LogP contribution in [0.1, 0.15) is 17.8 Å². The number of ether oxygens (including phenoxy) is 1. The van der Waals surface area contributed by atoms with Crippen molar-refractivity contribution in [1.29, 1.82) is 0 Å². The van der Waals surface area contributed by atoms with Gasteiger partial charge in [-0.2, -0.15) is 9.40 Å². The quantitative estimate of drug-likeness (QED) is 0.821. The summed E-state index contributed by atoms with van der Waals surface area (Å²) in [5.41, 5.74) is 1.13. The van der Waals surface area contributed by atoms with Crippen LogP contribution in [0.5, 0.6) is 0 Å². The lowest BCUT2D eigenvalue weighted by Gasteiger charge is -2.26. The second-order valence-corrected chi connectivity index (χ2v) is 6.69. The normalized spacial score (nSPS) is 17.6. The first-order chi connectivity index (χ1) is 9.48. The Balaban J connectivity index is 2.33. The van der Waals surface area contributed by atoms with Crippen LogP contribution in [0.25, 0.3) is 0 Å². The van der Waals surface area contributed by atoms with Gasteiger partial charge in [-0.1, -0.05) is 0 Å². The van der Waals surface area contributed by atoms with Crippen LogP contribution < -0.4 is 0 Å². The van der Waals surface area contributed by atoms with Crippen molar-refractivity contribution < 1.29 is 18.3 Å². The number of aryl methyl sites for hydroxylation is 2. The lowest BCUT2D eigenvalue weighted by Crippen LogP contribution is -2.41. The Bertz CT molecular complexity index is 562. The van der Waals surface area contributed by atoms with E-state index in [9.17, 15) is 8.42 Å². The molecular weight excluding hydrogens is 282 g/mol. The first-order valence-electron chi connectivity index (χ1n) is 6.71. The van der Waals surface area contributed by atoms with E-state index in [1.807, 2.05) is 0 Å². The number of nitrogens with zero attached hydrogens (tertiary/aromatic N) is 3. The van der Waals surface area contributed by atoms with Gasteiger partial charge in [0, 0.05) is 26.2 Å². The zero-order chi connectivity index (χ0) is 14.8. The van der Waals surface area contributed by atoms with Crippen LogP contribution in [0.15, 0.2) is 4.90 Å². The Morgan fingerprint density at radius 3 is 2.55 bits per heavy atom. The molecule has 8 heteroatoms. The van der Waals surface area contributed by atoms with E-state index in [0.717, 1.165) is 0 Å². The van der Waals surface area contributed by atoms with E-state index in [1.54, 1.807) is 18.5 Å². The van der Waals surface area contributed by atoms with Crippen LogP contribution in [0, 0.1) is 13.8 Å². The topological polar surface area (TPSA) is 84.7 Å². The first kappa shape index (κ1) is 15.4. The molecule has 1 fully saturated rings. The largest absolute Gasteiger partial charge is 0.396 e. The van der Waals surface area contributed by atoms with Crippen LogP contribution in [-0.4, -0.2) is 60.5 Å². The van der Waals surface area contributed by atoms with Crippen molar-refractivity contribution in [1.82, 2.24) is 14.1 Å². The lowest BCUT2D eigenvalue weighted by molar-refractivity contribution is 0.0730. The Morgan fingerprint density at radius 1 is 1.30 bits per heavy atom. The zero-order valence-corrected chi connectivity index (χ0v) is 12.7. The van der Waals surface area contributed by atoms with Crippen LogP contribution in [0.4, 0.5) is 0 Å². The molecule has 0 unspecified atom stereocenters. The second kappa shape index (κ2) is 6.21. The highest BCUT2D eigenvalue weighted by Crippen LogP contribution is 2.24. The zero-order valence-electron chi connectivity index (χ0n) is 11.9. The van der Waals surface area contributed by atoms with E-state index in [2.05, 4.69) is 5.10 Å². The number of hydrogen-bond donors (Lipinski definition) is 1. The molecule has 0 bridgehead atoms. The van der Waals surface area contributed by atoms with Gasteiger partial charge in [0.25, 0.3) is 0 Å². The third kappa shape index (κ3) is 2.88. The fourth-order valence-corrected chi connectivity index (χ4v) is 4.19. The Kier molecular flexibility index (Phi) is 4.79. The molecule has 0 spiro atoms. The molecule has 114 valence electrons. The average molecular weight is 303 g/mol. The molecule has 0 aromatic carbocycles. The standard InChI is InChI=1S/C12H21N3O4S/c1-10-12(11(2)15(13-10)4-3-7-16)20(17,18)14-5-8-19-9-6-14/h16H,3-9H2,1-2H3. The average Bonchev–Trinajstić information content (AvgIpc) is 2.72. The molecule has 2 heterocycles. The summed E-state index contributed by atoms with van der Waals surface area (Å²) in [4.78, 5) is 0.289. The maximum atomic E-state index is 12.7. The van der Waals surface area contributed by atoms with Crippen molar-refractivity contribution in [3.05, 3.63) is 11.4 Å². The monoisotopic (exact) mass is 303 g/mol. The minimum atomic E-state index is -3.52. The van der Waals surface area contributed by atoms with Gasteiger partial charge in [-0.25, -0.2) is 8.42 Å². The minimum Gasteiger partial charge on any atom is -0.396 e. The fraction of sp³-hybridized carbons (Fsp3) is 0.750. The molecule has 7 nitrogen and oxygen atoms in total. The van der Waals surface area contributed by atoms with Gasteiger partial charge < -0.3 is 9.84 Å². The Morgan fingerprint density at radius 2 is 1.95 bits per heavy atom. The summed E-state index contributed by atoms with van der Waals surface area (Å²) in [6.45, 7) is 5.64. The van der Waals surface area contributed by atoms with E-state index in [0.29, 0.717) is 50.7 Å². The Labute approximate surface area is 119 Å². The van der Waals surface area contributed by atoms with E-state index in [4.69, 9.17) is 9.84 Å². The molecule has 0 aliphatic carbocycles. The van der Waals surface area contributed by atoms with Gasteiger partial charge in [-0.05, 0) is 20.3 Å². The number of hydrogen-bond acceptors (Lipinski definition) is 5. The summed E-state index contributed by atoms with van der Waals surface area (Å²) in [7, 11) is -3.52. The number of aliphatic hydroxyl groups is 1. The maximum absolute atomic E-state index is 12.7. The second-order valence-electron chi connectivity index (χ2n) is 4.82. The van der Waals surface area contributed by atoms with Gasteiger partial charge in [0.15, 0.2) is 0 Å². The highest BCUT2D eigenvalue weighted by Gasteiger charge is 2.31. The first-order valence-corrected chi connectivity index (χ1v) is 8.15. The molecule has 1 aromatic rings. The molecule has 0 amide bonds. The van der Waals surface area contributed by atoms with Gasteiger partial charge in [-0.15, -0.1) is 0 Å². The van der Waals surface area contributed by atoms with E-state index in [1.165, 1.54) is 4.31 Å². The summed E-state index contributed by atoms with van der Waals surface area (Å²) in [5, 5.41) is 13.2. The molecular formula is C12H21N3O4S. The third-order valence-electron chi connectivity index (χ3n) is 3.41. The molecule has 0 saturated carbocycles. The molecule has 1 aromatic heterocycles. The summed E-state index contributed by atoms with van der Waals surface area (Å²) in [6.07, 6.45) is 0.555. The molecule has 0 radical (unpaired) electrons. The molecule has 1 aliphatic rings. The molecule has 1 N–H and O–H groups in total. The smallest absolute Gasteiger partial charge is 0.246 e. The number of rotatable bonds is 5. The predicted molar refractivity (Wildman–Crippen MR) is 73.0 cm³/mol. The van der Waals surface area contributed by atoms with Crippen molar-refractivity contribution in [3.8, 4) is 0 Å². The molecule has 20 heavy (non-hydrogen) atoms. The lowest BCUT2D eigenvalue weighted by atomic mass is 10.4. The summed E-state index contributed by atoms with van der Waals surface area (Å²) in [6, 6.07) is 0. The summed E-state index contributed by atoms with van der Waals surface area (Å²) >= 11 is 0. The van der Waals surface area contributed by atoms with Gasteiger partial charge in [0.05, 0.1) is 24.6 Å². The van der Waals surface area contributed by atoms with Crippen LogP contribution in [0.2, 0.25) is 0 Å². The van der Waals surface area contributed by atoms with Gasteiger partial charge in [-0.3, -0.25) is 4.68 Å². The van der Waals surface area contributed by atoms with Crippen molar-refractivity contribution in [3.63, 3.8) is 0 Å². The highest BCUT2D eigenvalue weighted by molar-refractivity contribution is 7.89. The van der Waals surface area contributed by atoms with Gasteiger partial charge >= 0.3 is 0 Å². The number of morpholine rings is 1. The predicted octanol–water partition coefficient (Wildman–Crippen LogP) is -0.0968. The van der Waals surface area contributed by atoms with Crippen LogP contribution in [0.3, 0.4) is 0 Å². The van der Waals surface area contributed by atoms with E-state index < -0.39 is 10.0 Å². The molecule has 1 saturated heterocycles. The Hall–Kier alpha value is -0.960. The number of aliphatic hydroxyl groups excluding tert-OH is 1. The van der Waals surface area contributed by atoms with Crippen LogP contribution in [-0.2, 0) is 21.3 Å². The third-order valence-corrected chi connectivity index (χ3v) is 5.56. The summed E-state index contributed by atoms with van der Waals surface area (Å²) in [5.74, 6) is 0. The highest BCUT2D eigenvalue weighted by atomic mass is 32.2. The molecule has 1 aliphatic heterocycles. The van der Waals surface area contributed by atoms with E-state index >= 15 is 0 Å². The molecule has 0 atom stereocenters. The number of sulfonamides is 1. The van der Waals surface area contributed by atoms with Gasteiger partial charge in [0.1, 0.15) is 4.90 Å². The van der Waals surface area contributed by atoms with Crippen molar-refractivity contribution in [2.45, 2.75) is 31.7 Å². The minimum absolute atomic E-state index is 0.0594. The maximum Gasteiger partial charge on any atom is 0.246 e. The summed E-state index contributed by atoms with van der Waals surface area (Å²) < 4.78 is 33.7. The fourth-order valence-electron chi connectivity index (χ4n) is 2.41.